The van der Waals surface area contributed by atoms with Crippen LogP contribution in [0.25, 0.3) is 0 Å². The van der Waals surface area contributed by atoms with Crippen molar-refractivity contribution in [3.8, 4) is 11.5 Å². The molecule has 0 aromatic heterocycles. The number of hydrogen-bond acceptors (Lipinski definition) is 6. The molecule has 0 saturated carbocycles. The summed E-state index contributed by atoms with van der Waals surface area (Å²) in [6.45, 7) is 0. The van der Waals surface area contributed by atoms with Crippen LogP contribution in [0.4, 0.5) is 27.6 Å². The molecule has 0 bridgehead atoms. The summed E-state index contributed by atoms with van der Waals surface area (Å²) in [5, 5.41) is 2.56. The molecular formula is C19H13BrF5NO5. The highest BCUT2D eigenvalue weighted by Crippen LogP contribution is 2.36. The van der Waals surface area contributed by atoms with E-state index in [9.17, 15) is 31.5 Å². The van der Waals surface area contributed by atoms with Crippen LogP contribution in [0.1, 0.15) is 5.56 Å². The highest BCUT2D eigenvalue weighted by atomic mass is 79.9. The molecule has 2 rings (SSSR count). The number of alkyl halides is 3. The molecule has 0 amide bonds. The molecule has 6 nitrogen and oxygen atoms in total. The number of ether oxygens (including phenoxy) is 3. The second kappa shape index (κ2) is 9.77. The number of carbonyl (C=O) groups is 2. The largest absolute Gasteiger partial charge is 0.466 e. The van der Waals surface area contributed by atoms with Gasteiger partial charge in [0, 0.05) is 16.2 Å². The van der Waals surface area contributed by atoms with E-state index >= 15 is 0 Å². The van der Waals surface area contributed by atoms with E-state index in [0.29, 0.717) is 4.47 Å². The minimum atomic E-state index is -4.94. The molecule has 0 aliphatic rings. The molecule has 0 aliphatic carbocycles. The average Bonchev–Trinajstić information content (AvgIpc) is 2.68. The Morgan fingerprint density at radius 2 is 1.61 bits per heavy atom. The molecule has 0 fully saturated rings. The number of rotatable bonds is 6. The summed E-state index contributed by atoms with van der Waals surface area (Å²) in [7, 11) is 2.16. The molecular weight excluding hydrogens is 497 g/mol. The van der Waals surface area contributed by atoms with Crippen LogP contribution in [0, 0.1) is 11.6 Å². The van der Waals surface area contributed by atoms with E-state index < -0.39 is 41.1 Å². The maximum Gasteiger partial charge on any atom is 0.416 e. The van der Waals surface area contributed by atoms with Crippen LogP contribution in [0.15, 0.2) is 46.6 Å². The Kier molecular flexibility index (Phi) is 7.60. The number of methoxy groups -OCH3 is 2. The Balaban J connectivity index is 2.38. The van der Waals surface area contributed by atoms with Crippen LogP contribution in [0.2, 0.25) is 0 Å². The smallest absolute Gasteiger partial charge is 0.416 e. The molecule has 2 aromatic rings. The first-order valence-electron chi connectivity index (χ1n) is 8.14. The summed E-state index contributed by atoms with van der Waals surface area (Å²) in [6, 6.07) is 4.06. The summed E-state index contributed by atoms with van der Waals surface area (Å²) >= 11 is 3.13. The number of nitrogens with one attached hydrogen (secondary N) is 1. The van der Waals surface area contributed by atoms with Crippen LogP contribution in [0.3, 0.4) is 0 Å². The Morgan fingerprint density at radius 1 is 1.00 bits per heavy atom. The van der Waals surface area contributed by atoms with E-state index in [0.717, 1.165) is 20.3 Å². The van der Waals surface area contributed by atoms with Gasteiger partial charge in [-0.2, -0.15) is 13.2 Å². The second-order valence-corrected chi connectivity index (χ2v) is 6.66. The standard InChI is InChI=1S/C19H13BrF5NO5/c1-29-16(27)8-15(18(28)30-2)26-11-5-10(20)6-12(7-11)31-17-13(21)3-9(4-14(17)22)19(23,24)25/h3-8,26H,1-2H3/b15-8+. The highest BCUT2D eigenvalue weighted by molar-refractivity contribution is 9.10. The summed E-state index contributed by atoms with van der Waals surface area (Å²) in [5.41, 5.74) is -1.73. The van der Waals surface area contributed by atoms with Gasteiger partial charge in [0.2, 0.25) is 0 Å². The fourth-order valence-electron chi connectivity index (χ4n) is 2.22. The fourth-order valence-corrected chi connectivity index (χ4v) is 2.69. The Hall–Kier alpha value is -3.15. The average molecular weight is 510 g/mol. The van der Waals surface area contributed by atoms with Gasteiger partial charge in [-0.15, -0.1) is 0 Å². The van der Waals surface area contributed by atoms with E-state index in [-0.39, 0.29) is 29.3 Å². The van der Waals surface area contributed by atoms with Gasteiger partial charge in [0.15, 0.2) is 17.4 Å². The minimum absolute atomic E-state index is 0.101. The molecule has 0 unspecified atom stereocenters. The lowest BCUT2D eigenvalue weighted by Crippen LogP contribution is -2.15. The normalized spacial score (nSPS) is 11.7. The molecule has 0 atom stereocenters. The molecule has 0 spiro atoms. The van der Waals surface area contributed by atoms with Gasteiger partial charge in [0.25, 0.3) is 0 Å². The topological polar surface area (TPSA) is 73.9 Å². The predicted octanol–water partition coefficient (Wildman–Crippen LogP) is 5.18. The van der Waals surface area contributed by atoms with E-state index in [1.165, 1.54) is 18.2 Å². The lowest BCUT2D eigenvalue weighted by atomic mass is 10.2. The third-order valence-electron chi connectivity index (χ3n) is 3.56. The van der Waals surface area contributed by atoms with Crippen LogP contribution in [0.5, 0.6) is 11.5 Å². The van der Waals surface area contributed by atoms with Crippen molar-refractivity contribution in [3.63, 3.8) is 0 Å². The monoisotopic (exact) mass is 509 g/mol. The van der Waals surface area contributed by atoms with Gasteiger partial charge < -0.3 is 19.5 Å². The van der Waals surface area contributed by atoms with Gasteiger partial charge in [-0.25, -0.2) is 18.4 Å². The van der Waals surface area contributed by atoms with E-state index in [2.05, 4.69) is 30.7 Å². The van der Waals surface area contributed by atoms with Crippen LogP contribution < -0.4 is 10.1 Å². The van der Waals surface area contributed by atoms with Crippen LogP contribution in [-0.2, 0) is 25.2 Å². The maximum atomic E-state index is 14.1. The van der Waals surface area contributed by atoms with Crippen LogP contribution >= 0.6 is 15.9 Å². The number of anilines is 1. The molecule has 0 radical (unpaired) electrons. The van der Waals surface area contributed by atoms with E-state index in [4.69, 9.17) is 4.74 Å². The van der Waals surface area contributed by atoms with Crippen molar-refractivity contribution in [2.75, 3.05) is 19.5 Å². The Labute approximate surface area is 180 Å². The molecule has 1 N–H and O–H groups in total. The molecule has 2 aromatic carbocycles. The van der Waals surface area contributed by atoms with E-state index in [1.54, 1.807) is 0 Å². The van der Waals surface area contributed by atoms with Crippen molar-refractivity contribution < 1.29 is 45.8 Å². The Morgan fingerprint density at radius 3 is 2.13 bits per heavy atom. The van der Waals surface area contributed by atoms with Gasteiger partial charge in [-0.1, -0.05) is 15.9 Å². The zero-order valence-electron chi connectivity index (χ0n) is 15.8. The first-order valence-corrected chi connectivity index (χ1v) is 8.93. The fraction of sp³-hybridized carbons (Fsp3) is 0.158. The summed E-state index contributed by atoms with van der Waals surface area (Å²) in [6.07, 6.45) is -4.13. The van der Waals surface area contributed by atoms with Gasteiger partial charge in [0.05, 0.1) is 25.9 Å². The molecule has 0 heterocycles. The Bertz CT molecular complexity index is 1020. The SMILES string of the molecule is COC(=O)/C=C(/Nc1cc(Br)cc(Oc2c(F)cc(C(F)(F)F)cc2F)c1)C(=O)OC. The predicted molar refractivity (Wildman–Crippen MR) is 101 cm³/mol. The highest BCUT2D eigenvalue weighted by Gasteiger charge is 2.33. The van der Waals surface area contributed by atoms with Crippen molar-refractivity contribution in [1.29, 1.82) is 0 Å². The van der Waals surface area contributed by atoms with Crippen molar-refractivity contribution in [3.05, 3.63) is 63.8 Å². The lowest BCUT2D eigenvalue weighted by molar-refractivity contribution is -0.138. The van der Waals surface area contributed by atoms with Gasteiger partial charge in [-0.3, -0.25) is 0 Å². The summed E-state index contributed by atoms with van der Waals surface area (Å²) in [4.78, 5) is 23.3. The molecule has 166 valence electrons. The number of esters is 2. The van der Waals surface area contributed by atoms with Crippen molar-refractivity contribution in [2.24, 2.45) is 0 Å². The van der Waals surface area contributed by atoms with Crippen molar-refractivity contribution in [2.45, 2.75) is 6.18 Å². The lowest BCUT2D eigenvalue weighted by Gasteiger charge is -2.14. The first kappa shape index (κ1) is 24.1. The van der Waals surface area contributed by atoms with E-state index in [1.807, 2.05) is 0 Å². The molecule has 31 heavy (non-hydrogen) atoms. The summed E-state index contributed by atoms with van der Waals surface area (Å²) < 4.78 is 80.5. The molecule has 12 heteroatoms. The zero-order valence-corrected chi connectivity index (χ0v) is 17.4. The summed E-state index contributed by atoms with van der Waals surface area (Å²) in [5.74, 6) is -6.18. The molecule has 0 saturated heterocycles. The maximum absolute atomic E-state index is 14.1. The van der Waals surface area contributed by atoms with Crippen molar-refractivity contribution >= 4 is 33.6 Å². The molecule has 0 aliphatic heterocycles. The van der Waals surface area contributed by atoms with Gasteiger partial charge >= 0.3 is 18.1 Å². The number of hydrogen-bond donors (Lipinski definition) is 1. The van der Waals surface area contributed by atoms with Crippen molar-refractivity contribution in [1.82, 2.24) is 0 Å². The third kappa shape index (κ3) is 6.41. The first-order chi connectivity index (χ1) is 14.4. The van der Waals surface area contributed by atoms with Gasteiger partial charge in [-0.05, 0) is 24.3 Å². The number of halogens is 6. The quantitative estimate of drug-likeness (QED) is 0.328. The zero-order chi connectivity index (χ0) is 23.3. The number of carbonyl (C=O) groups excluding carboxylic acids is 2. The minimum Gasteiger partial charge on any atom is -0.466 e. The third-order valence-corrected chi connectivity index (χ3v) is 4.02. The van der Waals surface area contributed by atoms with Crippen LogP contribution in [-0.4, -0.2) is 26.2 Å². The second-order valence-electron chi connectivity index (χ2n) is 5.74. The van der Waals surface area contributed by atoms with Gasteiger partial charge in [0.1, 0.15) is 11.4 Å². The number of benzene rings is 2.